The van der Waals surface area contributed by atoms with Gasteiger partial charge in [0.1, 0.15) is 5.38 Å². The second-order valence-electron chi connectivity index (χ2n) is 3.51. The van der Waals surface area contributed by atoms with E-state index < -0.39 is 5.38 Å². The van der Waals surface area contributed by atoms with Crippen LogP contribution >= 0.6 is 11.6 Å². The minimum Gasteiger partial charge on any atom is -0.355 e. The van der Waals surface area contributed by atoms with Gasteiger partial charge in [-0.15, -0.1) is 11.6 Å². The monoisotopic (exact) mass is 201 g/mol. The van der Waals surface area contributed by atoms with E-state index in [2.05, 4.69) is 17.5 Å². The standard InChI is InChI=1S/C10H16ClNO/c1-8(11)10(13)12-7-9-5-3-2-4-6-9/h2-3,8-9H,4-7H2,1H3,(H,12,13). The number of amides is 1. The fourth-order valence-electron chi connectivity index (χ4n) is 1.43. The van der Waals surface area contributed by atoms with E-state index in [4.69, 9.17) is 11.6 Å². The molecule has 2 atom stereocenters. The molecule has 0 bridgehead atoms. The second-order valence-corrected chi connectivity index (χ2v) is 4.17. The number of hydrogen-bond donors (Lipinski definition) is 1. The summed E-state index contributed by atoms with van der Waals surface area (Å²) in [6.45, 7) is 2.46. The summed E-state index contributed by atoms with van der Waals surface area (Å²) in [6.07, 6.45) is 7.77. The minimum atomic E-state index is -0.417. The van der Waals surface area contributed by atoms with Gasteiger partial charge in [0.2, 0.25) is 5.91 Å². The topological polar surface area (TPSA) is 29.1 Å². The maximum Gasteiger partial charge on any atom is 0.237 e. The molecule has 2 unspecified atom stereocenters. The lowest BCUT2D eigenvalue weighted by atomic mass is 9.94. The molecule has 1 aliphatic rings. The van der Waals surface area contributed by atoms with Gasteiger partial charge in [-0.2, -0.15) is 0 Å². The predicted octanol–water partition coefficient (Wildman–Crippen LogP) is 2.09. The van der Waals surface area contributed by atoms with Crippen molar-refractivity contribution in [3.8, 4) is 0 Å². The third kappa shape index (κ3) is 3.81. The molecule has 0 spiro atoms. The Labute approximate surface area is 84.3 Å². The van der Waals surface area contributed by atoms with Crippen LogP contribution in [0.1, 0.15) is 26.2 Å². The molecule has 1 N–H and O–H groups in total. The van der Waals surface area contributed by atoms with Gasteiger partial charge in [-0.25, -0.2) is 0 Å². The van der Waals surface area contributed by atoms with Crippen molar-refractivity contribution in [2.75, 3.05) is 6.54 Å². The van der Waals surface area contributed by atoms with E-state index in [1.165, 1.54) is 6.42 Å². The maximum absolute atomic E-state index is 11.1. The zero-order valence-electron chi connectivity index (χ0n) is 7.92. The zero-order valence-corrected chi connectivity index (χ0v) is 8.68. The molecule has 74 valence electrons. The van der Waals surface area contributed by atoms with Crippen LogP contribution in [-0.2, 0) is 4.79 Å². The van der Waals surface area contributed by atoms with Crippen molar-refractivity contribution >= 4 is 17.5 Å². The molecule has 13 heavy (non-hydrogen) atoms. The quantitative estimate of drug-likeness (QED) is 0.550. The average Bonchev–Trinajstić information content (AvgIpc) is 2.15. The van der Waals surface area contributed by atoms with Crippen LogP contribution in [-0.4, -0.2) is 17.8 Å². The molecule has 0 heterocycles. The van der Waals surface area contributed by atoms with E-state index in [1.807, 2.05) is 0 Å². The summed E-state index contributed by atoms with van der Waals surface area (Å²) >= 11 is 5.62. The largest absolute Gasteiger partial charge is 0.355 e. The van der Waals surface area contributed by atoms with Crippen LogP contribution in [0, 0.1) is 5.92 Å². The van der Waals surface area contributed by atoms with Gasteiger partial charge in [0.05, 0.1) is 0 Å². The first-order valence-electron chi connectivity index (χ1n) is 4.77. The fourth-order valence-corrected chi connectivity index (χ4v) is 1.50. The number of alkyl halides is 1. The van der Waals surface area contributed by atoms with Crippen molar-refractivity contribution in [3.05, 3.63) is 12.2 Å². The number of hydrogen-bond acceptors (Lipinski definition) is 1. The van der Waals surface area contributed by atoms with Crippen LogP contribution in [0.4, 0.5) is 0 Å². The van der Waals surface area contributed by atoms with E-state index in [0.717, 1.165) is 19.4 Å². The van der Waals surface area contributed by atoms with E-state index in [-0.39, 0.29) is 5.91 Å². The summed E-state index contributed by atoms with van der Waals surface area (Å²) in [5.41, 5.74) is 0. The van der Waals surface area contributed by atoms with Gasteiger partial charge in [-0.3, -0.25) is 4.79 Å². The van der Waals surface area contributed by atoms with E-state index >= 15 is 0 Å². The molecular weight excluding hydrogens is 186 g/mol. The predicted molar refractivity (Wildman–Crippen MR) is 54.8 cm³/mol. The van der Waals surface area contributed by atoms with Crippen LogP contribution in [0.15, 0.2) is 12.2 Å². The lowest BCUT2D eigenvalue weighted by Gasteiger charge is -2.18. The Morgan fingerprint density at radius 3 is 3.00 bits per heavy atom. The Hall–Kier alpha value is -0.500. The number of allylic oxidation sites excluding steroid dienone is 2. The summed E-state index contributed by atoms with van der Waals surface area (Å²) in [5, 5.41) is 2.43. The third-order valence-corrected chi connectivity index (χ3v) is 2.50. The van der Waals surface area contributed by atoms with Gasteiger partial charge in [0.15, 0.2) is 0 Å². The van der Waals surface area contributed by atoms with E-state index in [9.17, 15) is 4.79 Å². The van der Waals surface area contributed by atoms with Crippen LogP contribution in [0.5, 0.6) is 0 Å². The van der Waals surface area contributed by atoms with Gasteiger partial charge in [0, 0.05) is 6.54 Å². The molecule has 3 heteroatoms. The summed E-state index contributed by atoms with van der Waals surface area (Å²) in [5.74, 6) is 0.542. The number of rotatable bonds is 3. The molecule has 0 saturated heterocycles. The van der Waals surface area contributed by atoms with Gasteiger partial charge >= 0.3 is 0 Å². The van der Waals surface area contributed by atoms with Crippen molar-refractivity contribution in [3.63, 3.8) is 0 Å². The van der Waals surface area contributed by atoms with Crippen LogP contribution in [0.2, 0.25) is 0 Å². The Balaban J connectivity index is 2.18. The molecule has 0 saturated carbocycles. The first-order valence-corrected chi connectivity index (χ1v) is 5.20. The number of carbonyl (C=O) groups is 1. The van der Waals surface area contributed by atoms with Crippen LogP contribution in [0.25, 0.3) is 0 Å². The minimum absolute atomic E-state index is 0.0591. The van der Waals surface area contributed by atoms with E-state index in [1.54, 1.807) is 6.92 Å². The first kappa shape index (κ1) is 10.6. The van der Waals surface area contributed by atoms with Crippen LogP contribution < -0.4 is 5.32 Å². The van der Waals surface area contributed by atoms with Crippen molar-refractivity contribution in [2.24, 2.45) is 5.92 Å². The Bertz CT molecular complexity index is 201. The highest BCUT2D eigenvalue weighted by atomic mass is 35.5. The van der Waals surface area contributed by atoms with Gasteiger partial charge in [0.25, 0.3) is 0 Å². The first-order chi connectivity index (χ1) is 6.20. The molecule has 0 fully saturated rings. The maximum atomic E-state index is 11.1. The molecule has 0 aromatic heterocycles. The smallest absolute Gasteiger partial charge is 0.237 e. The zero-order chi connectivity index (χ0) is 9.68. The molecule has 0 aromatic rings. The average molecular weight is 202 g/mol. The number of carbonyl (C=O) groups excluding carboxylic acids is 1. The van der Waals surface area contributed by atoms with Crippen molar-refractivity contribution < 1.29 is 4.79 Å². The van der Waals surface area contributed by atoms with Crippen molar-refractivity contribution in [1.82, 2.24) is 5.32 Å². The fraction of sp³-hybridized carbons (Fsp3) is 0.700. The van der Waals surface area contributed by atoms with E-state index in [0.29, 0.717) is 5.92 Å². The Morgan fingerprint density at radius 1 is 1.69 bits per heavy atom. The van der Waals surface area contributed by atoms with Gasteiger partial charge in [-0.05, 0) is 32.1 Å². The number of halogens is 1. The molecule has 0 aromatic carbocycles. The van der Waals surface area contributed by atoms with Crippen LogP contribution in [0.3, 0.4) is 0 Å². The second kappa shape index (κ2) is 5.28. The normalized spacial score (nSPS) is 24.0. The summed E-state index contributed by atoms with van der Waals surface area (Å²) in [4.78, 5) is 11.1. The molecule has 1 aliphatic carbocycles. The van der Waals surface area contributed by atoms with Gasteiger partial charge < -0.3 is 5.32 Å². The summed E-state index contributed by atoms with van der Waals surface area (Å²) in [6, 6.07) is 0. The molecule has 2 nitrogen and oxygen atoms in total. The van der Waals surface area contributed by atoms with Crippen molar-refractivity contribution in [2.45, 2.75) is 31.6 Å². The van der Waals surface area contributed by atoms with Crippen molar-refractivity contribution in [1.29, 1.82) is 0 Å². The molecular formula is C10H16ClNO. The highest BCUT2D eigenvalue weighted by Crippen LogP contribution is 2.16. The highest BCUT2D eigenvalue weighted by molar-refractivity contribution is 6.30. The Morgan fingerprint density at radius 2 is 2.46 bits per heavy atom. The lowest BCUT2D eigenvalue weighted by Crippen LogP contribution is -2.34. The SMILES string of the molecule is CC(Cl)C(=O)NCC1CC=CCC1. The van der Waals surface area contributed by atoms with Gasteiger partial charge in [-0.1, -0.05) is 12.2 Å². The lowest BCUT2D eigenvalue weighted by molar-refractivity contribution is -0.120. The molecule has 1 rings (SSSR count). The molecule has 0 aliphatic heterocycles. The number of nitrogens with one attached hydrogen (secondary N) is 1. The summed E-state index contributed by atoms with van der Waals surface area (Å²) < 4.78 is 0. The highest BCUT2D eigenvalue weighted by Gasteiger charge is 2.13. The third-order valence-electron chi connectivity index (χ3n) is 2.30. The Kier molecular flexibility index (Phi) is 4.29. The molecule has 1 amide bonds. The summed E-state index contributed by atoms with van der Waals surface area (Å²) in [7, 11) is 0. The molecule has 0 radical (unpaired) electrons.